The lowest BCUT2D eigenvalue weighted by atomic mass is 9.91. The van der Waals surface area contributed by atoms with Crippen LogP contribution in [0, 0.1) is 5.41 Å². The zero-order valence-electron chi connectivity index (χ0n) is 50.4. The number of rotatable bonds is 26. The lowest BCUT2D eigenvalue weighted by Crippen LogP contribution is -2.46. The van der Waals surface area contributed by atoms with Crippen molar-refractivity contribution in [3.05, 3.63) is 117 Å². The van der Waals surface area contributed by atoms with Crippen molar-refractivity contribution in [1.29, 1.82) is 0 Å². The van der Waals surface area contributed by atoms with Gasteiger partial charge in [-0.3, -0.25) is 9.13 Å². The Morgan fingerprint density at radius 3 is 0.779 bits per heavy atom. The Morgan fingerprint density at radius 1 is 0.377 bits per heavy atom. The molecule has 2 heterocycles. The van der Waals surface area contributed by atoms with Crippen LogP contribution >= 0.6 is 29.5 Å². The molecular weight excluding hydrogens is 1030 g/mol. The second-order valence-corrected chi connectivity index (χ2v) is 34.1. The fourth-order valence-electron chi connectivity index (χ4n) is 11.0. The molecule has 0 saturated carbocycles. The molecule has 0 amide bonds. The van der Waals surface area contributed by atoms with Crippen molar-refractivity contribution in [2.75, 3.05) is 51.1 Å². The molecule has 2 aliphatic heterocycles. The summed E-state index contributed by atoms with van der Waals surface area (Å²) in [5.74, 6) is 2.05. The molecule has 1 spiro atoms. The van der Waals surface area contributed by atoms with Crippen molar-refractivity contribution in [3.63, 3.8) is 0 Å². The molecule has 0 radical (unpaired) electrons. The first-order valence-corrected chi connectivity index (χ1v) is 37.2. The van der Waals surface area contributed by atoms with Gasteiger partial charge < -0.3 is 27.2 Å². The van der Waals surface area contributed by atoms with Gasteiger partial charge in [-0.25, -0.2) is 0 Å². The Kier molecular flexibility index (Phi) is 22.5. The van der Waals surface area contributed by atoms with Gasteiger partial charge in [-0.2, -0.15) is 0 Å². The topological polar surface area (TPSA) is 105 Å². The minimum atomic E-state index is -3.78. The zero-order valence-corrected chi connectivity index (χ0v) is 54.0. The maximum Gasteiger partial charge on any atom is 0.331 e. The molecular formula is C65H100O8P4. The van der Waals surface area contributed by atoms with Gasteiger partial charge in [0, 0.05) is 33.5 Å². The summed E-state index contributed by atoms with van der Waals surface area (Å²) in [5.41, 5.74) is 8.50. The summed E-state index contributed by atoms with van der Waals surface area (Å²) < 4.78 is 88.3. The maximum atomic E-state index is 16.6. The van der Waals surface area contributed by atoms with Gasteiger partial charge in [0.1, 0.15) is 14.3 Å². The van der Waals surface area contributed by atoms with E-state index in [2.05, 4.69) is 184 Å². The molecule has 2 saturated heterocycles. The van der Waals surface area contributed by atoms with Gasteiger partial charge in [-0.05, 0) is 143 Å². The Bertz CT molecular complexity index is 2460. The first kappa shape index (κ1) is 63.8. The third-order valence-corrected chi connectivity index (χ3v) is 29.5. The summed E-state index contributed by atoms with van der Waals surface area (Å²) in [6.07, 6.45) is 7.76. The van der Waals surface area contributed by atoms with Crippen LogP contribution in [0.3, 0.4) is 0 Å². The minimum absolute atomic E-state index is 0.0120. The lowest BCUT2D eigenvalue weighted by Gasteiger charge is -2.43. The molecule has 0 aliphatic carbocycles. The van der Waals surface area contributed by atoms with Crippen molar-refractivity contribution in [2.45, 2.75) is 209 Å². The van der Waals surface area contributed by atoms with Crippen LogP contribution < -0.4 is 21.2 Å². The molecule has 0 N–H and O–H groups in total. The van der Waals surface area contributed by atoms with Gasteiger partial charge in [-0.15, -0.1) is 0 Å². The largest absolute Gasteiger partial charge is 0.331 e. The standard InChI is InChI=1S/C65H100O8P4/c1-17-45(9)53-25-29-61(57(37-53)49(13)21-5)74(66,62-30-26-54(46(10)18-2)38-58(62)50(14)22-6)33-35-76(68)70-41-65(42-71-76)43-72-77(69,73-44-65)36-34-75(67,63-31-27-55(47(11)19-3)39-59(63)51(15)23-7)64-32-28-56(48(12)20-4)40-60(64)52(16)24-8/h25-32,37-40,45-52H,17-24,33-36,41-44H2,1-16H3. The Hall–Kier alpha value is -2.36. The van der Waals surface area contributed by atoms with E-state index in [0.717, 1.165) is 94.8 Å². The SMILES string of the molecule is CCC(C)c1ccc(P(=O)(CCP2(=O)OCC3(CO2)COP(=O)(CCP(=O)(c2ccc(C(C)CC)cc2C(C)CC)c2ccc(C(C)CC)cc2C(C)CC)OC3)c2ccc(C(C)CC)cc2C(C)CC)c(C(C)CC)c1. The molecule has 77 heavy (non-hydrogen) atoms. The van der Waals surface area contributed by atoms with E-state index >= 15 is 9.13 Å². The van der Waals surface area contributed by atoms with Crippen LogP contribution in [0.5, 0.6) is 0 Å². The highest BCUT2D eigenvalue weighted by atomic mass is 31.2. The van der Waals surface area contributed by atoms with Crippen molar-refractivity contribution in [3.8, 4) is 0 Å². The molecule has 6 rings (SSSR count). The van der Waals surface area contributed by atoms with Crippen molar-refractivity contribution >= 4 is 50.7 Å². The van der Waals surface area contributed by atoms with Crippen molar-refractivity contribution in [1.82, 2.24) is 0 Å². The van der Waals surface area contributed by atoms with Gasteiger partial charge in [0.15, 0.2) is 0 Å². The van der Waals surface area contributed by atoms with E-state index in [0.29, 0.717) is 23.7 Å². The molecule has 2 aliphatic rings. The monoisotopic (exact) mass is 1130 g/mol. The summed E-state index contributed by atoms with van der Waals surface area (Å²) >= 11 is 0. The average molecular weight is 1130 g/mol. The van der Waals surface area contributed by atoms with Gasteiger partial charge >= 0.3 is 15.2 Å². The smallest absolute Gasteiger partial charge is 0.314 e. The van der Waals surface area contributed by atoms with Gasteiger partial charge in [0.25, 0.3) is 0 Å². The van der Waals surface area contributed by atoms with Crippen LogP contribution in [-0.4, -0.2) is 51.1 Å². The highest BCUT2D eigenvalue weighted by molar-refractivity contribution is 7.80. The predicted molar refractivity (Wildman–Crippen MR) is 330 cm³/mol. The quantitative estimate of drug-likeness (QED) is 0.0573. The lowest BCUT2D eigenvalue weighted by molar-refractivity contribution is -0.0680. The normalized spacial score (nSPS) is 24.7. The number of hydrogen-bond acceptors (Lipinski definition) is 8. The molecule has 4 aromatic carbocycles. The second kappa shape index (κ2) is 27.1. The fourth-order valence-corrected chi connectivity index (χ4v) is 23.3. The van der Waals surface area contributed by atoms with E-state index in [1.54, 1.807) is 0 Å². The van der Waals surface area contributed by atoms with Crippen LogP contribution in [0.4, 0.5) is 0 Å². The predicted octanol–water partition coefficient (Wildman–Crippen LogP) is 18.6. The molecule has 8 atom stereocenters. The third-order valence-electron chi connectivity index (χ3n) is 18.7. The first-order valence-electron chi connectivity index (χ1n) is 30.0. The molecule has 0 bridgehead atoms. The van der Waals surface area contributed by atoms with Crippen LogP contribution in [0.1, 0.15) is 254 Å². The van der Waals surface area contributed by atoms with E-state index in [1.165, 1.54) is 22.3 Å². The van der Waals surface area contributed by atoms with Crippen LogP contribution in [0.15, 0.2) is 72.8 Å². The van der Waals surface area contributed by atoms with Crippen LogP contribution in [-0.2, 0) is 36.4 Å². The zero-order chi connectivity index (χ0) is 56.7. The first-order chi connectivity index (χ1) is 36.5. The van der Waals surface area contributed by atoms with E-state index in [9.17, 15) is 9.13 Å². The van der Waals surface area contributed by atoms with E-state index in [4.69, 9.17) is 18.1 Å². The average Bonchev–Trinajstić information content (AvgIpc) is 3.47. The van der Waals surface area contributed by atoms with E-state index in [-0.39, 0.29) is 74.7 Å². The Morgan fingerprint density at radius 2 is 0.584 bits per heavy atom. The molecule has 4 aromatic rings. The Labute approximate surface area is 468 Å². The van der Waals surface area contributed by atoms with Crippen molar-refractivity contribution < 1.29 is 36.4 Å². The Balaban J connectivity index is 1.29. The summed E-state index contributed by atoms with van der Waals surface area (Å²) in [4.78, 5) is 0. The molecule has 0 aromatic heterocycles. The molecule has 12 heteroatoms. The summed E-state index contributed by atoms with van der Waals surface area (Å²) in [6.45, 7) is 35.5. The number of hydrogen-bond donors (Lipinski definition) is 0. The van der Waals surface area contributed by atoms with Gasteiger partial charge in [0.2, 0.25) is 0 Å². The fraction of sp³-hybridized carbons (Fsp3) is 0.631. The van der Waals surface area contributed by atoms with Crippen LogP contribution in [0.2, 0.25) is 0 Å². The van der Waals surface area contributed by atoms with E-state index in [1.807, 2.05) is 0 Å². The highest BCUT2D eigenvalue weighted by Gasteiger charge is 2.50. The third kappa shape index (κ3) is 14.1. The van der Waals surface area contributed by atoms with Gasteiger partial charge in [-0.1, -0.05) is 184 Å². The van der Waals surface area contributed by atoms with Crippen molar-refractivity contribution in [2.24, 2.45) is 5.41 Å². The molecule has 8 nitrogen and oxygen atoms in total. The second-order valence-electron chi connectivity index (χ2n) is 23.9. The molecule has 428 valence electrons. The van der Waals surface area contributed by atoms with Crippen LogP contribution in [0.25, 0.3) is 0 Å². The van der Waals surface area contributed by atoms with E-state index < -0.39 is 34.9 Å². The maximum absolute atomic E-state index is 16.6. The minimum Gasteiger partial charge on any atom is -0.314 e. The summed E-state index contributed by atoms with van der Waals surface area (Å²) in [6, 6.07) is 26.2. The summed E-state index contributed by atoms with van der Waals surface area (Å²) in [7, 11) is -14.5. The molecule has 8 unspecified atom stereocenters. The number of benzene rings is 4. The van der Waals surface area contributed by atoms with Gasteiger partial charge in [0.05, 0.1) is 44.2 Å². The highest BCUT2D eigenvalue weighted by Crippen LogP contribution is 2.63. The summed E-state index contributed by atoms with van der Waals surface area (Å²) in [5, 5.41) is 3.36. The molecule has 2 fully saturated rings.